The summed E-state index contributed by atoms with van der Waals surface area (Å²) in [5, 5.41) is 0. The van der Waals surface area contributed by atoms with Gasteiger partial charge in [0.15, 0.2) is 0 Å². The van der Waals surface area contributed by atoms with E-state index in [1.165, 1.54) is 0 Å². The fraction of sp³-hybridized carbons (Fsp3) is 0.917. The molecule has 3 nitrogen and oxygen atoms in total. The molecule has 0 bridgehead atoms. The quantitative estimate of drug-likeness (QED) is 0.699. The van der Waals surface area contributed by atoms with E-state index < -0.39 is 0 Å². The number of carbonyl (C=O) groups excluding carboxylic acids is 1. The Kier molecular flexibility index (Phi) is 5.69. The lowest BCUT2D eigenvalue weighted by Gasteiger charge is -2.24. The highest BCUT2D eigenvalue weighted by atomic mass is 16.5. The zero-order valence-electron chi connectivity index (χ0n) is 10.00. The first kappa shape index (κ1) is 12.5. The van der Waals surface area contributed by atoms with Crippen molar-refractivity contribution in [3.63, 3.8) is 0 Å². The van der Waals surface area contributed by atoms with Crippen molar-refractivity contribution < 1.29 is 9.53 Å². The summed E-state index contributed by atoms with van der Waals surface area (Å²) in [6.07, 6.45) is 5.06. The van der Waals surface area contributed by atoms with Gasteiger partial charge in [0.1, 0.15) is 0 Å². The van der Waals surface area contributed by atoms with Crippen molar-refractivity contribution in [1.82, 2.24) is 4.90 Å². The van der Waals surface area contributed by atoms with Crippen LogP contribution >= 0.6 is 0 Å². The second kappa shape index (κ2) is 6.83. The smallest absolute Gasteiger partial charge is 0.222 e. The van der Waals surface area contributed by atoms with Gasteiger partial charge in [0.25, 0.3) is 0 Å². The summed E-state index contributed by atoms with van der Waals surface area (Å²) in [6.45, 7) is 4.71. The van der Waals surface area contributed by atoms with E-state index in [4.69, 9.17) is 4.74 Å². The van der Waals surface area contributed by atoms with Gasteiger partial charge in [-0.05, 0) is 25.2 Å². The van der Waals surface area contributed by atoms with Crippen LogP contribution in [-0.2, 0) is 9.53 Å². The molecular formula is C12H23NO2. The van der Waals surface area contributed by atoms with E-state index in [2.05, 4.69) is 6.92 Å². The lowest BCUT2D eigenvalue weighted by atomic mass is 9.96. The molecule has 88 valence electrons. The zero-order chi connectivity index (χ0) is 11.1. The van der Waals surface area contributed by atoms with Gasteiger partial charge in [-0.1, -0.05) is 13.3 Å². The number of hydrogen-bond donors (Lipinski definition) is 0. The molecule has 1 fully saturated rings. The Hall–Kier alpha value is -0.570. The van der Waals surface area contributed by atoms with Gasteiger partial charge in [-0.2, -0.15) is 0 Å². The van der Waals surface area contributed by atoms with Crippen molar-refractivity contribution in [1.29, 1.82) is 0 Å². The first-order chi connectivity index (χ1) is 7.24. The maximum absolute atomic E-state index is 11.8. The maximum atomic E-state index is 11.8. The highest BCUT2D eigenvalue weighted by molar-refractivity contribution is 5.76. The fourth-order valence-corrected chi connectivity index (χ4v) is 1.87. The Bertz CT molecular complexity index is 188. The van der Waals surface area contributed by atoms with Crippen LogP contribution in [0.5, 0.6) is 0 Å². The average molecular weight is 213 g/mol. The monoisotopic (exact) mass is 213 g/mol. The zero-order valence-corrected chi connectivity index (χ0v) is 10.00. The molecular weight excluding hydrogens is 190 g/mol. The molecule has 0 aliphatic carbocycles. The molecule has 0 aromatic carbocycles. The molecule has 1 heterocycles. The van der Waals surface area contributed by atoms with Crippen LogP contribution in [0.4, 0.5) is 0 Å². The lowest BCUT2D eigenvalue weighted by molar-refractivity contribution is -0.131. The second-order valence-electron chi connectivity index (χ2n) is 4.43. The number of unbranched alkanes of at least 4 members (excludes halogenated alkanes) is 1. The van der Waals surface area contributed by atoms with E-state index in [1.54, 1.807) is 0 Å². The van der Waals surface area contributed by atoms with Crippen LogP contribution in [0.1, 0.15) is 39.0 Å². The molecule has 1 aliphatic rings. The van der Waals surface area contributed by atoms with E-state index in [9.17, 15) is 4.79 Å². The number of amides is 1. The summed E-state index contributed by atoms with van der Waals surface area (Å²) < 4.78 is 5.28. The molecule has 0 saturated carbocycles. The first-order valence-electron chi connectivity index (χ1n) is 6.05. The van der Waals surface area contributed by atoms with Crippen LogP contribution in [0.2, 0.25) is 0 Å². The Balaban J connectivity index is 2.20. The van der Waals surface area contributed by atoms with Gasteiger partial charge in [-0.3, -0.25) is 4.79 Å². The molecule has 0 spiro atoms. The van der Waals surface area contributed by atoms with Crippen molar-refractivity contribution >= 4 is 5.91 Å². The number of hydrogen-bond acceptors (Lipinski definition) is 2. The Morgan fingerprint density at radius 2 is 2.07 bits per heavy atom. The molecule has 1 saturated heterocycles. The van der Waals surface area contributed by atoms with Crippen LogP contribution in [-0.4, -0.2) is 37.6 Å². The molecule has 1 aliphatic heterocycles. The number of rotatable bonds is 5. The summed E-state index contributed by atoms with van der Waals surface area (Å²) in [5.41, 5.74) is 0. The number of carbonyl (C=O) groups is 1. The highest BCUT2D eigenvalue weighted by Gasteiger charge is 2.19. The molecule has 0 aromatic heterocycles. The summed E-state index contributed by atoms with van der Waals surface area (Å²) >= 11 is 0. The van der Waals surface area contributed by atoms with Gasteiger partial charge in [-0.15, -0.1) is 0 Å². The van der Waals surface area contributed by atoms with Crippen LogP contribution in [0.25, 0.3) is 0 Å². The standard InChI is InChI=1S/C12H23NO2/c1-3-4-7-13(2)12(14)10-11-5-8-15-9-6-11/h11H,3-10H2,1-2H3. The van der Waals surface area contributed by atoms with Gasteiger partial charge in [0.05, 0.1) is 0 Å². The van der Waals surface area contributed by atoms with Crippen molar-refractivity contribution in [3.8, 4) is 0 Å². The summed E-state index contributed by atoms with van der Waals surface area (Å²) in [7, 11) is 1.91. The first-order valence-corrected chi connectivity index (χ1v) is 6.05. The van der Waals surface area contributed by atoms with Crippen LogP contribution < -0.4 is 0 Å². The molecule has 1 rings (SSSR count). The summed E-state index contributed by atoms with van der Waals surface area (Å²) in [6, 6.07) is 0. The fourth-order valence-electron chi connectivity index (χ4n) is 1.87. The third kappa shape index (κ3) is 4.65. The van der Waals surface area contributed by atoms with Crippen molar-refractivity contribution in [2.45, 2.75) is 39.0 Å². The van der Waals surface area contributed by atoms with Crippen LogP contribution in [0, 0.1) is 5.92 Å². The maximum Gasteiger partial charge on any atom is 0.222 e. The van der Waals surface area contributed by atoms with Crippen LogP contribution in [0.15, 0.2) is 0 Å². The molecule has 0 N–H and O–H groups in total. The molecule has 0 radical (unpaired) electrons. The van der Waals surface area contributed by atoms with E-state index in [0.717, 1.165) is 45.4 Å². The second-order valence-corrected chi connectivity index (χ2v) is 4.43. The minimum absolute atomic E-state index is 0.301. The lowest BCUT2D eigenvalue weighted by Crippen LogP contribution is -2.30. The average Bonchev–Trinajstić information content (AvgIpc) is 2.27. The predicted molar refractivity (Wildman–Crippen MR) is 60.7 cm³/mol. The Morgan fingerprint density at radius 3 is 2.67 bits per heavy atom. The van der Waals surface area contributed by atoms with Crippen molar-refractivity contribution in [3.05, 3.63) is 0 Å². The molecule has 0 unspecified atom stereocenters. The minimum Gasteiger partial charge on any atom is -0.381 e. The third-order valence-corrected chi connectivity index (χ3v) is 3.08. The molecule has 1 amide bonds. The molecule has 0 atom stereocenters. The van der Waals surface area contributed by atoms with Gasteiger partial charge in [0.2, 0.25) is 5.91 Å². The number of ether oxygens (including phenoxy) is 1. The number of nitrogens with zero attached hydrogens (tertiary/aromatic N) is 1. The van der Waals surface area contributed by atoms with Crippen molar-refractivity contribution in [2.75, 3.05) is 26.8 Å². The Morgan fingerprint density at radius 1 is 1.40 bits per heavy atom. The van der Waals surface area contributed by atoms with E-state index in [1.807, 2.05) is 11.9 Å². The summed E-state index contributed by atoms with van der Waals surface area (Å²) in [4.78, 5) is 13.7. The van der Waals surface area contributed by atoms with E-state index >= 15 is 0 Å². The SMILES string of the molecule is CCCCN(C)C(=O)CC1CCOCC1. The topological polar surface area (TPSA) is 29.5 Å². The third-order valence-electron chi connectivity index (χ3n) is 3.08. The van der Waals surface area contributed by atoms with E-state index in [0.29, 0.717) is 18.2 Å². The highest BCUT2D eigenvalue weighted by Crippen LogP contribution is 2.19. The summed E-state index contributed by atoms with van der Waals surface area (Å²) in [5.74, 6) is 0.852. The van der Waals surface area contributed by atoms with Gasteiger partial charge < -0.3 is 9.64 Å². The normalized spacial score (nSPS) is 17.7. The van der Waals surface area contributed by atoms with Crippen molar-refractivity contribution in [2.24, 2.45) is 5.92 Å². The van der Waals surface area contributed by atoms with Crippen LogP contribution in [0.3, 0.4) is 0 Å². The predicted octanol–water partition coefficient (Wildman–Crippen LogP) is 2.06. The molecule has 0 aromatic rings. The minimum atomic E-state index is 0.301. The van der Waals surface area contributed by atoms with Gasteiger partial charge >= 0.3 is 0 Å². The van der Waals surface area contributed by atoms with Gasteiger partial charge in [0, 0.05) is 33.2 Å². The Labute approximate surface area is 92.8 Å². The molecule has 3 heteroatoms. The van der Waals surface area contributed by atoms with E-state index in [-0.39, 0.29) is 0 Å². The van der Waals surface area contributed by atoms with Gasteiger partial charge in [-0.25, -0.2) is 0 Å². The largest absolute Gasteiger partial charge is 0.381 e. The molecule has 15 heavy (non-hydrogen) atoms.